The van der Waals surface area contributed by atoms with E-state index in [9.17, 15) is 10.2 Å². The van der Waals surface area contributed by atoms with Crippen molar-refractivity contribution in [3.63, 3.8) is 0 Å². The van der Waals surface area contributed by atoms with Crippen molar-refractivity contribution in [1.82, 2.24) is 0 Å². The number of benzene rings is 2. The fraction of sp³-hybridized carbons (Fsp3) is 0.222. The topological polar surface area (TPSA) is 40.5 Å². The molecule has 1 aromatic heterocycles. The number of aliphatic hydroxyl groups excluding tert-OH is 2. The Morgan fingerprint density at radius 2 is 1.52 bits per heavy atom. The monoisotopic (exact) mass is 298 g/mol. The zero-order valence-electron chi connectivity index (χ0n) is 11.7. The second kappa shape index (κ2) is 5.98. The fourth-order valence-corrected chi connectivity index (χ4v) is 3.74. The highest BCUT2D eigenvalue weighted by Gasteiger charge is 2.32. The van der Waals surface area contributed by atoms with E-state index in [2.05, 4.69) is 17.5 Å². The molecule has 21 heavy (non-hydrogen) atoms. The van der Waals surface area contributed by atoms with Gasteiger partial charge in [-0.2, -0.15) is 0 Å². The quantitative estimate of drug-likeness (QED) is 0.758. The zero-order valence-corrected chi connectivity index (χ0v) is 12.5. The van der Waals surface area contributed by atoms with Crippen LogP contribution in [0.4, 0.5) is 0 Å². The van der Waals surface area contributed by atoms with Crippen LogP contribution in [-0.4, -0.2) is 23.4 Å². The van der Waals surface area contributed by atoms with Crippen LogP contribution in [0, 0.1) is 0 Å². The summed E-state index contributed by atoms with van der Waals surface area (Å²) in [4.78, 5) is 0. The summed E-state index contributed by atoms with van der Waals surface area (Å²) in [7, 11) is 0. The highest BCUT2D eigenvalue weighted by molar-refractivity contribution is 7.17. The molecule has 108 valence electrons. The van der Waals surface area contributed by atoms with Crippen molar-refractivity contribution in [2.45, 2.75) is 11.8 Å². The molecule has 0 atom stereocenters. The standard InChI is InChI=1S/C18H18O2S/c19-12-18(13-20,15-6-2-1-3-7-15)10-14-11-21-17-9-5-4-8-16(14)17/h1-9,11,19-20H,10,12-13H2. The van der Waals surface area contributed by atoms with Gasteiger partial charge in [0.1, 0.15) is 0 Å². The molecule has 3 heteroatoms. The summed E-state index contributed by atoms with van der Waals surface area (Å²) < 4.78 is 1.24. The van der Waals surface area contributed by atoms with E-state index in [0.717, 1.165) is 5.56 Å². The molecule has 1 heterocycles. The molecule has 0 saturated carbocycles. The van der Waals surface area contributed by atoms with E-state index in [1.165, 1.54) is 15.6 Å². The lowest BCUT2D eigenvalue weighted by Gasteiger charge is -2.30. The molecule has 0 aliphatic rings. The first-order valence-corrected chi connectivity index (χ1v) is 7.89. The largest absolute Gasteiger partial charge is 0.395 e. The number of hydrogen-bond donors (Lipinski definition) is 2. The smallest absolute Gasteiger partial charge is 0.0553 e. The SMILES string of the molecule is OCC(CO)(Cc1csc2ccccc12)c1ccccc1. The number of hydrogen-bond acceptors (Lipinski definition) is 3. The maximum Gasteiger partial charge on any atom is 0.0553 e. The van der Waals surface area contributed by atoms with Crippen molar-refractivity contribution in [3.05, 3.63) is 71.1 Å². The van der Waals surface area contributed by atoms with Gasteiger partial charge in [0, 0.05) is 10.1 Å². The molecule has 0 aliphatic heterocycles. The van der Waals surface area contributed by atoms with E-state index in [1.807, 2.05) is 42.5 Å². The van der Waals surface area contributed by atoms with Gasteiger partial charge in [-0.15, -0.1) is 11.3 Å². The molecule has 0 fully saturated rings. The molecule has 0 amide bonds. The molecule has 0 saturated heterocycles. The van der Waals surface area contributed by atoms with Crippen LogP contribution in [0.2, 0.25) is 0 Å². The molecule has 0 radical (unpaired) electrons. The molecule has 3 rings (SSSR count). The highest BCUT2D eigenvalue weighted by atomic mass is 32.1. The molecule has 0 aliphatic carbocycles. The van der Waals surface area contributed by atoms with Gasteiger partial charge in [-0.05, 0) is 34.4 Å². The van der Waals surface area contributed by atoms with Gasteiger partial charge in [-0.3, -0.25) is 0 Å². The molecule has 0 spiro atoms. The molecule has 3 aromatic rings. The number of thiophene rings is 1. The maximum absolute atomic E-state index is 9.94. The van der Waals surface area contributed by atoms with Crippen LogP contribution in [0.1, 0.15) is 11.1 Å². The van der Waals surface area contributed by atoms with E-state index >= 15 is 0 Å². The van der Waals surface area contributed by atoms with Crippen LogP contribution in [0.3, 0.4) is 0 Å². The third kappa shape index (κ3) is 2.60. The first-order chi connectivity index (χ1) is 10.3. The van der Waals surface area contributed by atoms with Gasteiger partial charge in [0.2, 0.25) is 0 Å². The maximum atomic E-state index is 9.94. The fourth-order valence-electron chi connectivity index (χ4n) is 2.77. The van der Waals surface area contributed by atoms with Gasteiger partial charge in [0.15, 0.2) is 0 Å². The van der Waals surface area contributed by atoms with Crippen molar-refractivity contribution in [1.29, 1.82) is 0 Å². The van der Waals surface area contributed by atoms with Crippen LogP contribution in [0.5, 0.6) is 0 Å². The Labute approximate surface area is 128 Å². The van der Waals surface area contributed by atoms with Crippen molar-refractivity contribution in [2.24, 2.45) is 0 Å². The third-order valence-corrected chi connectivity index (χ3v) is 5.09. The Morgan fingerprint density at radius 3 is 2.24 bits per heavy atom. The third-order valence-electron chi connectivity index (χ3n) is 4.08. The summed E-state index contributed by atoms with van der Waals surface area (Å²) in [6.07, 6.45) is 0.633. The van der Waals surface area contributed by atoms with Crippen LogP contribution in [0.25, 0.3) is 10.1 Å². The lowest BCUT2D eigenvalue weighted by atomic mass is 9.77. The Kier molecular flexibility index (Phi) is 4.06. The van der Waals surface area contributed by atoms with E-state index in [0.29, 0.717) is 6.42 Å². The van der Waals surface area contributed by atoms with Crippen LogP contribution in [0.15, 0.2) is 60.0 Å². The van der Waals surface area contributed by atoms with Crippen molar-refractivity contribution in [2.75, 3.05) is 13.2 Å². The first kappa shape index (κ1) is 14.3. The first-order valence-electron chi connectivity index (χ1n) is 7.01. The van der Waals surface area contributed by atoms with Crippen LogP contribution >= 0.6 is 11.3 Å². The minimum atomic E-state index is -0.634. The second-order valence-electron chi connectivity index (χ2n) is 5.40. The van der Waals surface area contributed by atoms with Gasteiger partial charge in [-0.1, -0.05) is 48.5 Å². The minimum Gasteiger partial charge on any atom is -0.395 e. The number of aliphatic hydroxyl groups is 2. The van der Waals surface area contributed by atoms with Gasteiger partial charge in [0.05, 0.1) is 13.2 Å². The van der Waals surface area contributed by atoms with E-state index in [4.69, 9.17) is 0 Å². The Hall–Kier alpha value is -1.68. The average Bonchev–Trinajstić information content (AvgIpc) is 2.96. The lowest BCUT2D eigenvalue weighted by molar-refractivity contribution is 0.116. The van der Waals surface area contributed by atoms with Crippen molar-refractivity contribution < 1.29 is 10.2 Å². The van der Waals surface area contributed by atoms with Crippen molar-refractivity contribution >= 4 is 21.4 Å². The Balaban J connectivity index is 2.03. The van der Waals surface area contributed by atoms with Gasteiger partial charge in [-0.25, -0.2) is 0 Å². The molecular formula is C18H18O2S. The second-order valence-corrected chi connectivity index (χ2v) is 6.31. The molecule has 2 aromatic carbocycles. The molecule has 2 N–H and O–H groups in total. The normalized spacial score (nSPS) is 11.9. The predicted octanol–water partition coefficient (Wildman–Crippen LogP) is 3.37. The minimum absolute atomic E-state index is 0.0717. The summed E-state index contributed by atoms with van der Waals surface area (Å²) in [5, 5.41) is 23.2. The van der Waals surface area contributed by atoms with Crippen molar-refractivity contribution in [3.8, 4) is 0 Å². The summed E-state index contributed by atoms with van der Waals surface area (Å²) >= 11 is 1.71. The lowest BCUT2D eigenvalue weighted by Crippen LogP contribution is -2.37. The van der Waals surface area contributed by atoms with Gasteiger partial charge >= 0.3 is 0 Å². The zero-order chi connectivity index (χ0) is 14.7. The Morgan fingerprint density at radius 1 is 0.857 bits per heavy atom. The number of rotatable bonds is 5. The molecule has 2 nitrogen and oxygen atoms in total. The molecule has 0 bridgehead atoms. The van der Waals surface area contributed by atoms with Gasteiger partial charge < -0.3 is 10.2 Å². The average molecular weight is 298 g/mol. The highest BCUT2D eigenvalue weighted by Crippen LogP contribution is 2.33. The van der Waals surface area contributed by atoms with Crippen LogP contribution in [-0.2, 0) is 11.8 Å². The summed E-state index contributed by atoms with van der Waals surface area (Å²) in [5.41, 5.74) is 1.53. The summed E-state index contributed by atoms with van der Waals surface area (Å²) in [5.74, 6) is 0. The van der Waals surface area contributed by atoms with E-state index in [-0.39, 0.29) is 13.2 Å². The summed E-state index contributed by atoms with van der Waals surface area (Å²) in [6.45, 7) is -0.143. The number of fused-ring (bicyclic) bond motifs is 1. The predicted molar refractivity (Wildman–Crippen MR) is 87.8 cm³/mol. The van der Waals surface area contributed by atoms with Crippen LogP contribution < -0.4 is 0 Å². The van der Waals surface area contributed by atoms with E-state index in [1.54, 1.807) is 11.3 Å². The molecule has 0 unspecified atom stereocenters. The Bertz CT molecular complexity index is 714. The van der Waals surface area contributed by atoms with E-state index < -0.39 is 5.41 Å². The molecular weight excluding hydrogens is 280 g/mol. The summed E-state index contributed by atoms with van der Waals surface area (Å²) in [6, 6.07) is 18.1. The van der Waals surface area contributed by atoms with Gasteiger partial charge in [0.25, 0.3) is 0 Å².